The van der Waals surface area contributed by atoms with Crippen LogP contribution < -0.4 is 0 Å². The molecule has 6 bridgehead atoms. The fourth-order valence-corrected chi connectivity index (χ4v) is 15.3. The quantitative estimate of drug-likeness (QED) is 0.0698. The Morgan fingerprint density at radius 2 is 1.39 bits per heavy atom. The minimum Gasteiger partial charge on any atom is -0.463 e. The first kappa shape index (κ1) is 50.9. The van der Waals surface area contributed by atoms with Gasteiger partial charge in [0.15, 0.2) is 6.61 Å². The smallest absolute Gasteiger partial charge is 0.403 e. The van der Waals surface area contributed by atoms with Gasteiger partial charge in [0.25, 0.3) is 0 Å². The van der Waals surface area contributed by atoms with Gasteiger partial charge in [-0.2, -0.15) is 17.2 Å². The Morgan fingerprint density at radius 3 is 1.94 bits per heavy atom. The molecule has 1 saturated heterocycles. The van der Waals surface area contributed by atoms with Crippen LogP contribution in [-0.2, 0) is 62.0 Å². The Morgan fingerprint density at radius 1 is 0.803 bits per heavy atom. The molecule has 7 aliphatic carbocycles. The average Bonchev–Trinajstić information content (AvgIpc) is 4.03. The van der Waals surface area contributed by atoms with Gasteiger partial charge in [-0.1, -0.05) is 13.8 Å². The average molecular weight is 957 g/mol. The molecule has 8 rings (SSSR count). The number of alkyl halides is 2. The maximum Gasteiger partial charge on any atom is 0.403 e. The van der Waals surface area contributed by atoms with E-state index in [9.17, 15) is 31.9 Å². The van der Waals surface area contributed by atoms with E-state index in [0.29, 0.717) is 76.2 Å². The number of rotatable bonds is 20. The highest BCUT2D eigenvalue weighted by atomic mass is 32.2. The lowest BCUT2D eigenvalue weighted by molar-refractivity contribution is -0.228. The van der Waals surface area contributed by atoms with E-state index in [1.807, 2.05) is 13.8 Å². The number of carbonyl (C=O) groups excluding carboxylic acids is 5. The van der Waals surface area contributed by atoms with Gasteiger partial charge in [-0.05, 0) is 179 Å². The first-order valence-corrected chi connectivity index (χ1v) is 25.9. The molecular weight excluding hydrogens is 883 g/mol. The third-order valence-corrected chi connectivity index (χ3v) is 18.8. The predicted octanol–water partition coefficient (Wildman–Crippen LogP) is 8.14. The Bertz CT molecular complexity index is 2000. The van der Waals surface area contributed by atoms with E-state index >= 15 is 14.4 Å². The van der Waals surface area contributed by atoms with Crippen LogP contribution in [0.2, 0.25) is 0 Å². The molecule has 0 aromatic rings. The number of cyclic esters (lactones) is 1. The molecule has 14 nitrogen and oxygen atoms in total. The highest BCUT2D eigenvalue weighted by Crippen LogP contribution is 2.61. The molecule has 8 aliphatic rings. The number of carbonyl (C=O) groups is 5. The highest BCUT2D eigenvalue weighted by molar-refractivity contribution is 7.87. The third-order valence-electron chi connectivity index (χ3n) is 17.5. The van der Waals surface area contributed by atoms with Crippen LogP contribution in [0.25, 0.3) is 0 Å². The number of ether oxygens (including phenoxy) is 5. The molecule has 0 amide bonds. The van der Waals surface area contributed by atoms with Crippen LogP contribution in [0.4, 0.5) is 8.78 Å². The van der Waals surface area contributed by atoms with Crippen LogP contribution in [0.15, 0.2) is 0 Å². The molecule has 0 radical (unpaired) electrons. The minimum absolute atomic E-state index is 0.0280. The van der Waals surface area contributed by atoms with E-state index in [4.69, 9.17) is 23.7 Å². The van der Waals surface area contributed by atoms with E-state index < -0.39 is 109 Å². The summed E-state index contributed by atoms with van der Waals surface area (Å²) in [5.74, 6) is -2.55. The zero-order valence-electron chi connectivity index (χ0n) is 40.3. The van der Waals surface area contributed by atoms with Crippen LogP contribution in [-0.4, -0.2) is 91.9 Å². The Hall–Kier alpha value is -2.92. The number of fused-ring (bicyclic) bond motifs is 2. The van der Waals surface area contributed by atoms with E-state index in [-0.39, 0.29) is 43.6 Å². The standard InChI is InChI=1S/C49H74F2O14S/c1-9-47(15-10-11-16-47)64-40(55)43(5,24-35-30(2)33-12-13-34(35)19-33)26-45(7,39(54)63-36-14-17-61-37(36)52)27-44(6,25-42(3,4)38(53)62-29-49(50,51)66(58,59)60-8)41(56)65-48-22-31-18-32(23-48)21-46(57,20-31)28-48/h30-36,57H,9-29H2,1-8H3. The molecule has 8 fully saturated rings. The van der Waals surface area contributed by atoms with Crippen molar-refractivity contribution in [1.29, 1.82) is 0 Å². The second kappa shape index (κ2) is 17.8. The molecule has 1 aliphatic heterocycles. The lowest BCUT2D eigenvalue weighted by Crippen LogP contribution is -2.61. The zero-order chi connectivity index (χ0) is 48.5. The molecule has 10 unspecified atom stereocenters. The second-order valence-electron chi connectivity index (χ2n) is 23.7. The van der Waals surface area contributed by atoms with Gasteiger partial charge < -0.3 is 28.8 Å². The fourth-order valence-electron chi connectivity index (χ4n) is 14.8. The van der Waals surface area contributed by atoms with Crippen LogP contribution in [0.3, 0.4) is 0 Å². The largest absolute Gasteiger partial charge is 0.463 e. The van der Waals surface area contributed by atoms with Crippen molar-refractivity contribution in [2.45, 2.75) is 199 Å². The molecule has 1 heterocycles. The van der Waals surface area contributed by atoms with Gasteiger partial charge in [-0.15, -0.1) is 0 Å². The Labute approximate surface area is 389 Å². The first-order chi connectivity index (χ1) is 30.5. The van der Waals surface area contributed by atoms with Crippen molar-refractivity contribution in [2.24, 2.45) is 57.2 Å². The molecule has 0 spiro atoms. The number of aliphatic hydroxyl groups is 1. The summed E-state index contributed by atoms with van der Waals surface area (Å²) in [5, 5.41) is 7.05. The Kier molecular flexibility index (Phi) is 13.7. The summed E-state index contributed by atoms with van der Waals surface area (Å²) in [4.78, 5) is 72.4. The van der Waals surface area contributed by atoms with Crippen molar-refractivity contribution in [3.63, 3.8) is 0 Å². The summed E-state index contributed by atoms with van der Waals surface area (Å²) in [7, 11) is -4.89. The maximum absolute atomic E-state index is 15.4. The van der Waals surface area contributed by atoms with E-state index in [1.165, 1.54) is 20.8 Å². The normalized spacial score (nSPS) is 35.1. The van der Waals surface area contributed by atoms with Crippen LogP contribution >= 0.6 is 0 Å². The summed E-state index contributed by atoms with van der Waals surface area (Å²) in [5.41, 5.74) is -9.46. The fraction of sp³-hybridized carbons (Fsp3) is 0.898. The lowest BCUT2D eigenvalue weighted by atomic mass is 9.52. The van der Waals surface area contributed by atoms with Gasteiger partial charge in [0, 0.05) is 12.8 Å². The number of halogens is 2. The maximum atomic E-state index is 15.4. The Balaban J connectivity index is 1.28. The molecule has 66 heavy (non-hydrogen) atoms. The van der Waals surface area contributed by atoms with E-state index in [1.54, 1.807) is 6.92 Å². The number of esters is 5. The van der Waals surface area contributed by atoms with E-state index in [2.05, 4.69) is 11.1 Å². The summed E-state index contributed by atoms with van der Waals surface area (Å²) >= 11 is 0. The van der Waals surface area contributed by atoms with Crippen LogP contribution in [0, 0.1) is 57.2 Å². The molecule has 10 atom stereocenters. The summed E-state index contributed by atoms with van der Waals surface area (Å²) in [6, 6.07) is 0. The molecule has 7 saturated carbocycles. The summed E-state index contributed by atoms with van der Waals surface area (Å²) in [6.45, 7) is 10.1. The molecular formula is C49H74F2O14S. The predicted molar refractivity (Wildman–Crippen MR) is 233 cm³/mol. The van der Waals surface area contributed by atoms with Crippen molar-refractivity contribution in [1.82, 2.24) is 0 Å². The monoisotopic (exact) mass is 956 g/mol. The molecule has 1 N–H and O–H groups in total. The van der Waals surface area contributed by atoms with Gasteiger partial charge in [-0.25, -0.2) is 4.79 Å². The molecule has 0 aromatic carbocycles. The van der Waals surface area contributed by atoms with Crippen LogP contribution in [0.5, 0.6) is 0 Å². The van der Waals surface area contributed by atoms with Gasteiger partial charge >= 0.3 is 45.2 Å². The lowest BCUT2D eigenvalue weighted by Gasteiger charge is -2.59. The highest BCUT2D eigenvalue weighted by Gasteiger charge is 2.62. The van der Waals surface area contributed by atoms with Crippen molar-refractivity contribution >= 4 is 40.0 Å². The third kappa shape index (κ3) is 9.92. The van der Waals surface area contributed by atoms with Gasteiger partial charge in [0.05, 0.1) is 41.0 Å². The van der Waals surface area contributed by atoms with Crippen molar-refractivity contribution < 1.29 is 74.1 Å². The zero-order valence-corrected chi connectivity index (χ0v) is 41.1. The van der Waals surface area contributed by atoms with Gasteiger partial charge in [0.1, 0.15) is 11.2 Å². The van der Waals surface area contributed by atoms with Gasteiger partial charge in [-0.3, -0.25) is 23.4 Å². The summed E-state index contributed by atoms with van der Waals surface area (Å²) < 4.78 is 86.9. The number of hydrogen-bond acceptors (Lipinski definition) is 14. The van der Waals surface area contributed by atoms with Gasteiger partial charge in [0.2, 0.25) is 6.10 Å². The SMILES string of the molecule is CCC1(OC(=O)C(C)(CC2C3CCC(C3)C2C)CC(C)(CC(C)(CC(C)(C)C(=O)OCC(F)(F)S(=O)(=O)OC)C(=O)OC23CC4CC(CC(O)(C4)C2)C3)C(=O)OC2CCOC2=O)CCCC1. The summed E-state index contributed by atoms with van der Waals surface area (Å²) in [6.07, 6.45) is 8.54. The minimum atomic E-state index is -5.45. The van der Waals surface area contributed by atoms with Crippen LogP contribution in [0.1, 0.15) is 170 Å². The number of hydrogen-bond donors (Lipinski definition) is 1. The van der Waals surface area contributed by atoms with E-state index in [0.717, 1.165) is 38.5 Å². The topological polar surface area (TPSA) is 195 Å². The molecule has 374 valence electrons. The van der Waals surface area contributed by atoms with Crippen molar-refractivity contribution in [3.05, 3.63) is 0 Å². The molecule has 17 heteroatoms. The van der Waals surface area contributed by atoms with Crippen molar-refractivity contribution in [2.75, 3.05) is 20.3 Å². The molecule has 0 aromatic heterocycles. The first-order valence-electron chi connectivity index (χ1n) is 24.5. The van der Waals surface area contributed by atoms with Crippen molar-refractivity contribution in [3.8, 4) is 0 Å². The second-order valence-corrected chi connectivity index (χ2v) is 25.6.